The van der Waals surface area contributed by atoms with Crippen molar-refractivity contribution in [2.24, 2.45) is 5.41 Å². The third kappa shape index (κ3) is 5.48. The average Bonchev–Trinajstić information content (AvgIpc) is 3.55. The SMILES string of the molecule is CCC[CH2][Zr]1([CH2]CCC)[CH]2C(CC)=C(c3c(C(C)C)cc(C(C)C)cc32)C(C)(C)C2=C(CC)[CH]1c1cc(C(C)C)cc(C(C)C)c12. The molecule has 2 unspecified atom stereocenters. The molecule has 2 aliphatic carbocycles. The van der Waals surface area contributed by atoms with Gasteiger partial charge in [0.15, 0.2) is 0 Å². The van der Waals surface area contributed by atoms with E-state index in [2.05, 4.69) is 121 Å². The van der Waals surface area contributed by atoms with Gasteiger partial charge in [0.1, 0.15) is 0 Å². The topological polar surface area (TPSA) is 0 Å². The van der Waals surface area contributed by atoms with Crippen molar-refractivity contribution in [3.8, 4) is 0 Å². The van der Waals surface area contributed by atoms with Crippen molar-refractivity contribution < 1.29 is 20.3 Å². The molecular weight excluding hydrogens is 632 g/mol. The van der Waals surface area contributed by atoms with Crippen molar-refractivity contribution >= 4 is 11.1 Å². The van der Waals surface area contributed by atoms with Crippen molar-refractivity contribution in [3.63, 3.8) is 0 Å². The molecule has 2 aromatic rings. The molecule has 0 aromatic heterocycles. The molecule has 0 radical (unpaired) electrons. The first-order valence-corrected chi connectivity index (χ1v) is 25.9. The molecule has 252 valence electrons. The molecule has 0 saturated heterocycles. The van der Waals surface area contributed by atoms with Crippen LogP contribution in [0.2, 0.25) is 8.26 Å². The molecule has 1 aliphatic heterocycles. The predicted molar refractivity (Wildman–Crippen MR) is 202 cm³/mol. The summed E-state index contributed by atoms with van der Waals surface area (Å²) in [7, 11) is 0. The van der Waals surface area contributed by atoms with Crippen LogP contribution in [-0.2, 0) is 20.3 Å². The van der Waals surface area contributed by atoms with Crippen molar-refractivity contribution in [2.45, 2.75) is 175 Å². The fourth-order valence-corrected chi connectivity index (χ4v) is 29.1. The van der Waals surface area contributed by atoms with Gasteiger partial charge in [0.05, 0.1) is 0 Å². The Kier molecular flexibility index (Phi) is 10.7. The van der Waals surface area contributed by atoms with E-state index in [9.17, 15) is 0 Å². The Balaban J connectivity index is 2.05. The van der Waals surface area contributed by atoms with Gasteiger partial charge in [-0.05, 0) is 0 Å². The summed E-state index contributed by atoms with van der Waals surface area (Å²) in [4.78, 5) is 0. The number of hydrogen-bond acceptors (Lipinski definition) is 0. The molecule has 0 amide bonds. The third-order valence-electron chi connectivity index (χ3n) is 12.6. The Labute approximate surface area is 289 Å². The van der Waals surface area contributed by atoms with Crippen molar-refractivity contribution in [2.75, 3.05) is 0 Å². The Morgan fingerprint density at radius 2 is 0.935 bits per heavy atom. The summed E-state index contributed by atoms with van der Waals surface area (Å²) in [5, 5.41) is 0. The molecule has 3 aliphatic rings. The molecule has 1 heterocycles. The number of fused-ring (bicyclic) bond motifs is 8. The summed E-state index contributed by atoms with van der Waals surface area (Å²) in [6.07, 6.45) is 7.85. The van der Waals surface area contributed by atoms with E-state index >= 15 is 0 Å². The van der Waals surface area contributed by atoms with E-state index in [-0.39, 0.29) is 5.41 Å². The second kappa shape index (κ2) is 13.6. The number of hydrogen-bond donors (Lipinski definition) is 0. The second-order valence-electron chi connectivity index (χ2n) is 17.2. The van der Waals surface area contributed by atoms with Crippen LogP contribution in [0.25, 0.3) is 11.1 Å². The average molecular weight is 700 g/mol. The van der Waals surface area contributed by atoms with Gasteiger partial charge in [-0.1, -0.05) is 0 Å². The monoisotopic (exact) mass is 698 g/mol. The van der Waals surface area contributed by atoms with Crippen LogP contribution in [0.4, 0.5) is 0 Å². The minimum atomic E-state index is -3.21. The first-order valence-electron chi connectivity index (χ1n) is 19.6. The summed E-state index contributed by atoms with van der Waals surface area (Å²) < 4.78 is 4.45. The van der Waals surface area contributed by atoms with Crippen LogP contribution < -0.4 is 0 Å². The Bertz CT molecular complexity index is 1410. The number of benzene rings is 2. The van der Waals surface area contributed by atoms with Crippen LogP contribution >= 0.6 is 0 Å². The molecule has 0 nitrogen and oxygen atoms in total. The Morgan fingerprint density at radius 1 is 0.565 bits per heavy atom. The summed E-state index contributed by atoms with van der Waals surface area (Å²) in [5.74, 6) is 2.16. The van der Waals surface area contributed by atoms with E-state index in [4.69, 9.17) is 0 Å². The van der Waals surface area contributed by atoms with Gasteiger partial charge in [-0.3, -0.25) is 0 Å². The van der Waals surface area contributed by atoms with Gasteiger partial charge >= 0.3 is 291 Å². The molecule has 46 heavy (non-hydrogen) atoms. The molecule has 5 rings (SSSR count). The van der Waals surface area contributed by atoms with Crippen molar-refractivity contribution in [1.82, 2.24) is 0 Å². The Hall–Kier alpha value is -1.20. The van der Waals surface area contributed by atoms with Crippen molar-refractivity contribution in [1.29, 1.82) is 0 Å². The fourth-order valence-electron chi connectivity index (χ4n) is 10.5. The molecule has 4 bridgehead atoms. The van der Waals surface area contributed by atoms with Gasteiger partial charge in [-0.15, -0.1) is 0 Å². The van der Waals surface area contributed by atoms with E-state index in [0.29, 0.717) is 30.9 Å². The van der Waals surface area contributed by atoms with Gasteiger partial charge < -0.3 is 0 Å². The predicted octanol–water partition coefficient (Wildman–Crippen LogP) is 14.9. The first-order chi connectivity index (χ1) is 21.7. The van der Waals surface area contributed by atoms with E-state index in [1.165, 1.54) is 46.8 Å². The van der Waals surface area contributed by atoms with Gasteiger partial charge in [0.25, 0.3) is 0 Å². The zero-order valence-electron chi connectivity index (χ0n) is 32.4. The maximum absolute atomic E-state index is 3.21. The van der Waals surface area contributed by atoms with Gasteiger partial charge in [-0.25, -0.2) is 0 Å². The summed E-state index contributed by atoms with van der Waals surface area (Å²) in [6, 6.07) is 10.8. The maximum atomic E-state index is 2.78. The summed E-state index contributed by atoms with van der Waals surface area (Å²) in [5.41, 5.74) is 20.7. The van der Waals surface area contributed by atoms with E-state index < -0.39 is 20.3 Å². The second-order valence-corrected chi connectivity index (χ2v) is 28.6. The van der Waals surface area contributed by atoms with Crippen LogP contribution in [0.3, 0.4) is 0 Å². The van der Waals surface area contributed by atoms with E-state index in [1.807, 2.05) is 11.1 Å². The third-order valence-corrected chi connectivity index (χ3v) is 27.8. The Morgan fingerprint density at radius 3 is 1.22 bits per heavy atom. The normalized spacial score (nSPS) is 21.2. The van der Waals surface area contributed by atoms with Crippen LogP contribution in [0.15, 0.2) is 35.4 Å². The van der Waals surface area contributed by atoms with Crippen LogP contribution in [-0.4, -0.2) is 0 Å². The number of unbranched alkanes of at least 4 members (excludes halogenated alkanes) is 2. The molecule has 2 aromatic carbocycles. The van der Waals surface area contributed by atoms with Crippen LogP contribution in [0, 0.1) is 5.41 Å². The summed E-state index contributed by atoms with van der Waals surface area (Å²) >= 11 is -3.21. The minimum absolute atomic E-state index is 0.0246. The first kappa shape index (κ1) is 36.1. The molecular formula is C45H68Zr. The zero-order chi connectivity index (χ0) is 33.9. The van der Waals surface area contributed by atoms with Crippen LogP contribution in [0.1, 0.15) is 211 Å². The molecule has 0 spiro atoms. The molecule has 0 fully saturated rings. The molecule has 2 atom stereocenters. The van der Waals surface area contributed by atoms with Gasteiger partial charge in [0.2, 0.25) is 0 Å². The van der Waals surface area contributed by atoms with Gasteiger partial charge in [0, 0.05) is 0 Å². The number of allylic oxidation sites excluding steroid dienone is 4. The molecule has 1 heteroatoms. The van der Waals surface area contributed by atoms with Crippen molar-refractivity contribution in [3.05, 3.63) is 79.9 Å². The van der Waals surface area contributed by atoms with Crippen LogP contribution in [0.5, 0.6) is 0 Å². The van der Waals surface area contributed by atoms with E-state index in [1.54, 1.807) is 55.7 Å². The number of rotatable bonds is 12. The quantitative estimate of drug-likeness (QED) is 0.207. The fraction of sp³-hybridized carbons (Fsp3) is 0.644. The molecule has 0 N–H and O–H groups in total. The van der Waals surface area contributed by atoms with E-state index in [0.717, 1.165) is 0 Å². The van der Waals surface area contributed by atoms with Gasteiger partial charge in [-0.2, -0.15) is 0 Å². The molecule has 0 saturated carbocycles. The summed E-state index contributed by atoms with van der Waals surface area (Å²) in [6.45, 7) is 34.9. The standard InChI is InChI=1S/C37H50.2C4H9.Zr/c1-13-25-15-29-17-27(21(3)4)19-31(23(7)8)33(29)35(25)37(11,12)36-26(14-2)16-30-18-28(22(5)6)20-32(24(9)10)34(30)36;2*1-3-4-2;/h15-24H,13-14H2,1-12H3;2*1,3-4H2,2H3;. The zero-order valence-corrected chi connectivity index (χ0v) is 34.9.